The van der Waals surface area contributed by atoms with Crippen LogP contribution in [0.5, 0.6) is 5.75 Å². The van der Waals surface area contributed by atoms with Crippen LogP contribution in [0.1, 0.15) is 40.5 Å². The average molecular weight is 361 g/mol. The molecule has 0 spiro atoms. The molecule has 0 saturated carbocycles. The van der Waals surface area contributed by atoms with Gasteiger partial charge in [-0.2, -0.15) is 4.40 Å². The molecule has 0 unspecified atom stereocenters. The first-order chi connectivity index (χ1) is 9.29. The molecule has 0 radical (unpaired) electrons. The Morgan fingerprint density at radius 1 is 1.50 bits per heavy atom. The quantitative estimate of drug-likeness (QED) is 0.722. The molecule has 0 amide bonds. The molecule has 1 rings (SSSR count). The van der Waals surface area contributed by atoms with Crippen LogP contribution in [0, 0.1) is 0 Å². The first-order valence-electron chi connectivity index (χ1n) is 6.51. The minimum Gasteiger partial charge on any atom is -0.489 e. The highest BCUT2D eigenvalue weighted by molar-refractivity contribution is 9.10. The maximum atomic E-state index is 11.7. The second-order valence-electron chi connectivity index (χ2n) is 5.49. The number of pyridine rings is 1. The molecular weight excluding hydrogens is 340 g/mol. The largest absolute Gasteiger partial charge is 0.489 e. The summed E-state index contributed by atoms with van der Waals surface area (Å²) >= 11 is 3.35. The lowest BCUT2D eigenvalue weighted by Crippen LogP contribution is -2.19. The van der Waals surface area contributed by atoms with Gasteiger partial charge in [0.25, 0.3) is 0 Å². The maximum absolute atomic E-state index is 11.7. The molecule has 4 nitrogen and oxygen atoms in total. The third-order valence-corrected chi connectivity index (χ3v) is 4.24. The molecule has 0 saturated heterocycles. The van der Waals surface area contributed by atoms with Crippen molar-refractivity contribution in [1.82, 2.24) is 4.98 Å². The van der Waals surface area contributed by atoms with Gasteiger partial charge in [-0.15, -0.1) is 0 Å². The summed E-state index contributed by atoms with van der Waals surface area (Å²) in [5, 5.41) is 0. The van der Waals surface area contributed by atoms with Gasteiger partial charge in [-0.3, -0.25) is 4.98 Å². The molecule has 2 atom stereocenters. The molecular formula is C14H21BrN2O2S. The number of aromatic nitrogens is 1. The van der Waals surface area contributed by atoms with Crippen LogP contribution >= 0.6 is 15.9 Å². The summed E-state index contributed by atoms with van der Waals surface area (Å²) < 4.78 is 22.1. The van der Waals surface area contributed by atoms with Gasteiger partial charge in [-0.25, -0.2) is 4.21 Å². The molecule has 0 aromatic carbocycles. The number of hydrogen-bond donors (Lipinski definition) is 0. The molecule has 20 heavy (non-hydrogen) atoms. The number of rotatable bonds is 6. The Morgan fingerprint density at radius 2 is 2.20 bits per heavy atom. The maximum Gasteiger partial charge on any atom is 0.144 e. The molecule has 0 aliphatic carbocycles. The van der Waals surface area contributed by atoms with E-state index in [1.807, 2.05) is 33.8 Å². The van der Waals surface area contributed by atoms with Crippen molar-refractivity contribution in [2.45, 2.75) is 51.4 Å². The van der Waals surface area contributed by atoms with Crippen molar-refractivity contribution in [3.63, 3.8) is 0 Å². The molecule has 112 valence electrons. The Balaban J connectivity index is 2.35. The fraction of sp³-hybridized carbons (Fsp3) is 0.571. The van der Waals surface area contributed by atoms with Crippen LogP contribution in [0.3, 0.4) is 0 Å². The monoisotopic (exact) mass is 360 g/mol. The van der Waals surface area contributed by atoms with Gasteiger partial charge in [0.1, 0.15) is 16.7 Å². The van der Waals surface area contributed by atoms with Gasteiger partial charge in [-0.05, 0) is 62.5 Å². The average Bonchev–Trinajstić information content (AvgIpc) is 2.33. The minimum absolute atomic E-state index is 0.0561. The molecule has 0 bridgehead atoms. The van der Waals surface area contributed by atoms with Gasteiger partial charge >= 0.3 is 0 Å². The van der Waals surface area contributed by atoms with Gasteiger partial charge in [0.15, 0.2) is 0 Å². The fourth-order valence-electron chi connectivity index (χ4n) is 1.34. The van der Waals surface area contributed by atoms with Crippen LogP contribution in [-0.4, -0.2) is 26.3 Å². The number of halogens is 1. The molecule has 1 aromatic heterocycles. The SMILES string of the molecule is C[C@@H](CC/C=N/[S@](=O)C(C)(C)C)Oc1cncc(Br)c1. The van der Waals surface area contributed by atoms with E-state index in [1.165, 1.54) is 0 Å². The van der Waals surface area contributed by atoms with Crippen LogP contribution in [0.25, 0.3) is 0 Å². The lowest BCUT2D eigenvalue weighted by atomic mass is 10.2. The Hall–Kier alpha value is -0.750. The molecule has 0 fully saturated rings. The number of ether oxygens (including phenoxy) is 1. The normalized spacial score (nSPS) is 15.2. The molecule has 6 heteroatoms. The van der Waals surface area contributed by atoms with Crippen LogP contribution in [0.4, 0.5) is 0 Å². The second kappa shape index (κ2) is 7.88. The van der Waals surface area contributed by atoms with Crippen molar-refractivity contribution in [2.75, 3.05) is 0 Å². The first kappa shape index (κ1) is 17.3. The molecule has 0 N–H and O–H groups in total. The van der Waals surface area contributed by atoms with E-state index >= 15 is 0 Å². The molecule has 0 aliphatic heterocycles. The van der Waals surface area contributed by atoms with E-state index in [0.717, 1.165) is 23.1 Å². The number of hydrogen-bond acceptors (Lipinski definition) is 3. The van der Waals surface area contributed by atoms with Gasteiger partial charge in [-0.1, -0.05) is 0 Å². The van der Waals surface area contributed by atoms with E-state index in [4.69, 9.17) is 4.74 Å². The van der Waals surface area contributed by atoms with Crippen molar-refractivity contribution in [3.8, 4) is 5.75 Å². The summed E-state index contributed by atoms with van der Waals surface area (Å²) in [7, 11) is -1.18. The van der Waals surface area contributed by atoms with Crippen LogP contribution in [0.2, 0.25) is 0 Å². The molecule has 1 heterocycles. The summed E-state index contributed by atoms with van der Waals surface area (Å²) in [6.07, 6.45) is 6.73. The topological polar surface area (TPSA) is 51.5 Å². The molecule has 1 aromatic rings. The summed E-state index contributed by atoms with van der Waals surface area (Å²) in [6, 6.07) is 1.88. The standard InChI is InChI=1S/C14H21BrN2O2S/c1-11(19-13-8-12(15)9-16-10-13)6-5-7-17-20(18)14(2,3)4/h7-11H,5-6H2,1-4H3/b17-7+/t11-,20+/m0/s1. The predicted octanol–water partition coefficient (Wildman–Crippen LogP) is 3.92. The van der Waals surface area contributed by atoms with Crippen molar-refractivity contribution in [1.29, 1.82) is 0 Å². The first-order valence-corrected chi connectivity index (χ1v) is 8.41. The zero-order valence-corrected chi connectivity index (χ0v) is 14.7. The van der Waals surface area contributed by atoms with Crippen LogP contribution in [0.15, 0.2) is 27.3 Å². The van der Waals surface area contributed by atoms with Gasteiger partial charge in [0, 0.05) is 16.9 Å². The van der Waals surface area contributed by atoms with Crippen molar-refractivity contribution in [2.24, 2.45) is 4.40 Å². The Morgan fingerprint density at radius 3 is 2.80 bits per heavy atom. The minimum atomic E-state index is -1.18. The van der Waals surface area contributed by atoms with E-state index < -0.39 is 11.0 Å². The highest BCUT2D eigenvalue weighted by Gasteiger charge is 2.17. The Bertz CT molecular complexity index is 486. The van der Waals surface area contributed by atoms with E-state index in [2.05, 4.69) is 25.3 Å². The molecule has 0 aliphatic rings. The predicted molar refractivity (Wildman–Crippen MR) is 87.6 cm³/mol. The third kappa shape index (κ3) is 6.61. The summed E-state index contributed by atoms with van der Waals surface area (Å²) in [5.41, 5.74) is 0. The Kier molecular flexibility index (Phi) is 6.82. The third-order valence-electron chi connectivity index (χ3n) is 2.41. The van der Waals surface area contributed by atoms with E-state index in [9.17, 15) is 4.21 Å². The second-order valence-corrected chi connectivity index (χ2v) is 8.34. The highest BCUT2D eigenvalue weighted by atomic mass is 79.9. The van der Waals surface area contributed by atoms with Crippen LogP contribution < -0.4 is 4.74 Å². The smallest absolute Gasteiger partial charge is 0.144 e. The number of nitrogens with zero attached hydrogens (tertiary/aromatic N) is 2. The zero-order valence-electron chi connectivity index (χ0n) is 12.3. The highest BCUT2D eigenvalue weighted by Crippen LogP contribution is 2.18. The van der Waals surface area contributed by atoms with E-state index in [-0.39, 0.29) is 10.9 Å². The van der Waals surface area contributed by atoms with E-state index in [1.54, 1.807) is 18.6 Å². The van der Waals surface area contributed by atoms with Crippen LogP contribution in [-0.2, 0) is 11.0 Å². The van der Waals surface area contributed by atoms with Crippen molar-refractivity contribution < 1.29 is 8.95 Å². The Labute approximate surface area is 131 Å². The zero-order chi connectivity index (χ0) is 15.2. The van der Waals surface area contributed by atoms with Gasteiger partial charge in [0.05, 0.1) is 17.0 Å². The van der Waals surface area contributed by atoms with Gasteiger partial charge in [0.2, 0.25) is 0 Å². The van der Waals surface area contributed by atoms with Crippen molar-refractivity contribution in [3.05, 3.63) is 22.9 Å². The summed E-state index contributed by atoms with van der Waals surface area (Å²) in [4.78, 5) is 4.05. The van der Waals surface area contributed by atoms with E-state index in [0.29, 0.717) is 0 Å². The van der Waals surface area contributed by atoms with Crippen molar-refractivity contribution >= 4 is 33.1 Å². The lowest BCUT2D eigenvalue weighted by Gasteiger charge is -2.14. The lowest BCUT2D eigenvalue weighted by molar-refractivity contribution is 0.213. The van der Waals surface area contributed by atoms with Gasteiger partial charge < -0.3 is 4.74 Å². The summed E-state index contributed by atoms with van der Waals surface area (Å²) in [6.45, 7) is 7.72. The summed E-state index contributed by atoms with van der Waals surface area (Å²) in [5.74, 6) is 0.738. The fourth-order valence-corrected chi connectivity index (χ4v) is 2.24.